The molecule has 0 aromatic heterocycles. The summed E-state index contributed by atoms with van der Waals surface area (Å²) >= 11 is 0. The van der Waals surface area contributed by atoms with Crippen LogP contribution < -0.4 is 5.73 Å². The van der Waals surface area contributed by atoms with Crippen LogP contribution in [0.2, 0.25) is 0 Å². The van der Waals surface area contributed by atoms with Crippen molar-refractivity contribution in [2.75, 3.05) is 20.2 Å². The summed E-state index contributed by atoms with van der Waals surface area (Å²) in [7, 11) is 1.38. The number of hydrogen-bond donors (Lipinski definition) is 1. The first-order valence-corrected chi connectivity index (χ1v) is 5.72. The first-order valence-electron chi connectivity index (χ1n) is 5.72. The summed E-state index contributed by atoms with van der Waals surface area (Å²) in [6.07, 6.45) is 4.98. The van der Waals surface area contributed by atoms with Gasteiger partial charge in [0, 0.05) is 12.6 Å². The molecule has 0 aromatic carbocycles. The van der Waals surface area contributed by atoms with E-state index in [-0.39, 0.29) is 5.97 Å². The maximum Gasteiger partial charge on any atom is 0.323 e. The molecule has 0 radical (unpaired) electrons. The van der Waals surface area contributed by atoms with Gasteiger partial charge in [-0.15, -0.1) is 0 Å². The van der Waals surface area contributed by atoms with Gasteiger partial charge in [0.2, 0.25) is 0 Å². The number of hydrogen-bond acceptors (Lipinski definition) is 4. The molecule has 1 rings (SSSR count). The zero-order valence-corrected chi connectivity index (χ0v) is 9.74. The Hall–Kier alpha value is -0.610. The smallest absolute Gasteiger partial charge is 0.323 e. The first-order chi connectivity index (χ1) is 7.15. The van der Waals surface area contributed by atoms with Crippen LogP contribution in [0.5, 0.6) is 0 Å². The monoisotopic (exact) mass is 214 g/mol. The highest BCUT2D eigenvalue weighted by Gasteiger charge is 2.22. The second-order valence-electron chi connectivity index (χ2n) is 4.32. The molecule has 4 heteroatoms. The minimum atomic E-state index is -0.504. The molecule has 15 heavy (non-hydrogen) atoms. The van der Waals surface area contributed by atoms with E-state index in [0.717, 1.165) is 6.54 Å². The summed E-state index contributed by atoms with van der Waals surface area (Å²) in [5.41, 5.74) is 5.76. The van der Waals surface area contributed by atoms with Crippen molar-refractivity contribution in [1.82, 2.24) is 4.90 Å². The van der Waals surface area contributed by atoms with Crippen molar-refractivity contribution >= 4 is 5.97 Å². The maximum atomic E-state index is 11.2. The lowest BCUT2D eigenvalue weighted by Crippen LogP contribution is -2.46. The van der Waals surface area contributed by atoms with Gasteiger partial charge in [0.15, 0.2) is 0 Å². The maximum absolute atomic E-state index is 11.2. The van der Waals surface area contributed by atoms with Crippen LogP contribution in [0.25, 0.3) is 0 Å². The number of nitrogens with two attached hydrogens (primary N) is 1. The fourth-order valence-corrected chi connectivity index (χ4v) is 2.08. The average Bonchev–Trinajstić information content (AvgIpc) is 2.43. The molecule has 1 heterocycles. The second kappa shape index (κ2) is 6.08. The molecule has 2 unspecified atom stereocenters. The normalized spacial score (nSPS) is 25.7. The van der Waals surface area contributed by atoms with Crippen LogP contribution in [0.1, 0.15) is 32.6 Å². The van der Waals surface area contributed by atoms with E-state index < -0.39 is 6.04 Å². The van der Waals surface area contributed by atoms with Crippen LogP contribution in [-0.2, 0) is 9.53 Å². The lowest BCUT2D eigenvalue weighted by molar-refractivity contribution is -0.142. The van der Waals surface area contributed by atoms with Crippen molar-refractivity contribution < 1.29 is 9.53 Å². The van der Waals surface area contributed by atoms with Gasteiger partial charge in [-0.1, -0.05) is 12.8 Å². The molecule has 4 nitrogen and oxygen atoms in total. The van der Waals surface area contributed by atoms with E-state index in [0.29, 0.717) is 12.6 Å². The van der Waals surface area contributed by atoms with Crippen LogP contribution >= 0.6 is 0 Å². The fourth-order valence-electron chi connectivity index (χ4n) is 2.08. The van der Waals surface area contributed by atoms with Crippen LogP contribution in [-0.4, -0.2) is 43.2 Å². The summed E-state index contributed by atoms with van der Waals surface area (Å²) in [5, 5.41) is 0. The highest BCUT2D eigenvalue weighted by molar-refractivity contribution is 5.75. The third-order valence-electron chi connectivity index (χ3n) is 3.13. The average molecular weight is 214 g/mol. The second-order valence-corrected chi connectivity index (χ2v) is 4.32. The molecule has 0 spiro atoms. The number of likely N-dealkylation sites (tertiary alicyclic amines) is 1. The van der Waals surface area contributed by atoms with Crippen molar-refractivity contribution in [2.24, 2.45) is 5.73 Å². The Morgan fingerprint density at radius 1 is 1.53 bits per heavy atom. The highest BCUT2D eigenvalue weighted by atomic mass is 16.5. The van der Waals surface area contributed by atoms with Gasteiger partial charge in [0.05, 0.1) is 7.11 Å². The van der Waals surface area contributed by atoms with Gasteiger partial charge in [-0.2, -0.15) is 0 Å². The minimum Gasteiger partial charge on any atom is -0.468 e. The molecular weight excluding hydrogens is 192 g/mol. The topological polar surface area (TPSA) is 55.6 Å². The number of esters is 1. The zero-order valence-electron chi connectivity index (χ0n) is 9.74. The Morgan fingerprint density at radius 2 is 2.27 bits per heavy atom. The van der Waals surface area contributed by atoms with E-state index in [1.807, 2.05) is 0 Å². The van der Waals surface area contributed by atoms with E-state index in [1.54, 1.807) is 0 Å². The first kappa shape index (κ1) is 12.5. The lowest BCUT2D eigenvalue weighted by atomic mass is 10.1. The molecule has 0 amide bonds. The van der Waals surface area contributed by atoms with Crippen LogP contribution in [0.4, 0.5) is 0 Å². The Morgan fingerprint density at radius 3 is 2.93 bits per heavy atom. The third kappa shape index (κ3) is 3.80. The summed E-state index contributed by atoms with van der Waals surface area (Å²) in [6, 6.07) is 0.0266. The zero-order chi connectivity index (χ0) is 11.3. The van der Waals surface area contributed by atoms with Gasteiger partial charge in [0.1, 0.15) is 6.04 Å². The van der Waals surface area contributed by atoms with Gasteiger partial charge >= 0.3 is 5.97 Å². The van der Waals surface area contributed by atoms with Gasteiger partial charge in [-0.05, 0) is 26.3 Å². The van der Waals surface area contributed by atoms with Crippen molar-refractivity contribution in [3.8, 4) is 0 Å². The predicted octanol–water partition coefficient (Wildman–Crippen LogP) is 0.751. The summed E-state index contributed by atoms with van der Waals surface area (Å²) in [5.74, 6) is -0.313. The molecule has 2 N–H and O–H groups in total. The largest absolute Gasteiger partial charge is 0.468 e. The number of rotatable bonds is 3. The molecular formula is C11H22N2O2. The van der Waals surface area contributed by atoms with E-state index in [1.165, 1.54) is 32.8 Å². The molecule has 0 aliphatic carbocycles. The third-order valence-corrected chi connectivity index (χ3v) is 3.13. The van der Waals surface area contributed by atoms with Crippen molar-refractivity contribution in [1.29, 1.82) is 0 Å². The number of methoxy groups -OCH3 is 1. The molecule has 1 aliphatic heterocycles. The summed E-state index contributed by atoms with van der Waals surface area (Å²) in [4.78, 5) is 13.5. The molecule has 88 valence electrons. The molecule has 0 bridgehead atoms. The van der Waals surface area contributed by atoms with Gasteiger partial charge in [-0.3, -0.25) is 9.69 Å². The Bertz CT molecular complexity index is 209. The molecule has 1 fully saturated rings. The van der Waals surface area contributed by atoms with Crippen LogP contribution in [0, 0.1) is 0 Å². The lowest BCUT2D eigenvalue weighted by Gasteiger charge is -2.28. The van der Waals surface area contributed by atoms with E-state index in [2.05, 4.69) is 16.6 Å². The van der Waals surface area contributed by atoms with Gasteiger partial charge < -0.3 is 10.5 Å². The van der Waals surface area contributed by atoms with Gasteiger partial charge in [-0.25, -0.2) is 0 Å². The Kier molecular flexibility index (Phi) is 5.05. The number of ether oxygens (including phenoxy) is 1. The fraction of sp³-hybridized carbons (Fsp3) is 0.909. The van der Waals surface area contributed by atoms with Crippen molar-refractivity contribution in [3.05, 3.63) is 0 Å². The SMILES string of the molecule is COC(=O)C(N)CN1CCCCCC1C. The summed E-state index contributed by atoms with van der Waals surface area (Å²) < 4.78 is 4.63. The molecule has 0 saturated carbocycles. The van der Waals surface area contributed by atoms with E-state index >= 15 is 0 Å². The molecule has 1 aliphatic rings. The highest BCUT2D eigenvalue weighted by Crippen LogP contribution is 2.16. The molecule has 2 atom stereocenters. The van der Waals surface area contributed by atoms with E-state index in [9.17, 15) is 4.79 Å². The minimum absolute atomic E-state index is 0.313. The quantitative estimate of drug-likeness (QED) is 0.704. The number of carbonyl (C=O) groups excluding carboxylic acids is 1. The Labute approximate surface area is 91.8 Å². The van der Waals surface area contributed by atoms with Gasteiger partial charge in [0.25, 0.3) is 0 Å². The van der Waals surface area contributed by atoms with Crippen LogP contribution in [0.3, 0.4) is 0 Å². The molecule has 1 saturated heterocycles. The van der Waals surface area contributed by atoms with Crippen LogP contribution in [0.15, 0.2) is 0 Å². The van der Waals surface area contributed by atoms with Crippen molar-refractivity contribution in [3.63, 3.8) is 0 Å². The van der Waals surface area contributed by atoms with Crippen molar-refractivity contribution in [2.45, 2.75) is 44.7 Å². The Balaban J connectivity index is 2.43. The molecule has 0 aromatic rings. The van der Waals surface area contributed by atoms with E-state index in [4.69, 9.17) is 5.73 Å². The standard InChI is InChI=1S/C11H22N2O2/c1-9-6-4-3-5-7-13(9)8-10(12)11(14)15-2/h9-10H,3-8,12H2,1-2H3. The number of carbonyl (C=O) groups is 1. The number of nitrogens with zero attached hydrogens (tertiary/aromatic N) is 1. The predicted molar refractivity (Wildman–Crippen MR) is 59.5 cm³/mol. The summed E-state index contributed by atoms with van der Waals surface area (Å²) in [6.45, 7) is 3.87.